The van der Waals surface area contributed by atoms with Gasteiger partial charge in [-0.25, -0.2) is 4.79 Å². The Kier molecular flexibility index (Phi) is 7.53. The lowest BCUT2D eigenvalue weighted by atomic mass is 9.81. The molecule has 2 atom stereocenters. The molecule has 2 aliphatic rings. The predicted molar refractivity (Wildman–Crippen MR) is 127 cm³/mol. The molecule has 0 aromatic heterocycles. The van der Waals surface area contributed by atoms with Crippen LogP contribution in [0.3, 0.4) is 0 Å². The van der Waals surface area contributed by atoms with Gasteiger partial charge in [-0.2, -0.15) is 0 Å². The first-order valence-corrected chi connectivity index (χ1v) is 11.6. The van der Waals surface area contributed by atoms with Crippen molar-refractivity contribution in [1.29, 1.82) is 0 Å². The van der Waals surface area contributed by atoms with Crippen molar-refractivity contribution >= 4 is 11.8 Å². The van der Waals surface area contributed by atoms with Gasteiger partial charge in [-0.15, -0.1) is 0 Å². The second kappa shape index (κ2) is 10.7. The van der Waals surface area contributed by atoms with E-state index in [0.29, 0.717) is 31.1 Å². The van der Waals surface area contributed by atoms with Gasteiger partial charge in [0, 0.05) is 32.8 Å². The topological polar surface area (TPSA) is 74.3 Å². The van der Waals surface area contributed by atoms with Crippen molar-refractivity contribution in [2.45, 2.75) is 38.3 Å². The van der Waals surface area contributed by atoms with Crippen LogP contribution in [0.4, 0.5) is 0 Å². The molecule has 0 saturated heterocycles. The molecule has 0 spiro atoms. The average Bonchev–Trinajstić information content (AvgIpc) is 2.86. The fourth-order valence-electron chi connectivity index (χ4n) is 4.70. The number of benzene rings is 2. The molecule has 0 bridgehead atoms. The Balaban J connectivity index is 1.75. The lowest BCUT2D eigenvalue weighted by molar-refractivity contribution is -0.140. The highest BCUT2D eigenvalue weighted by Gasteiger charge is 2.41. The summed E-state index contributed by atoms with van der Waals surface area (Å²) in [5.74, 6) is 0.531. The summed E-state index contributed by atoms with van der Waals surface area (Å²) >= 11 is 0. The van der Waals surface area contributed by atoms with E-state index < -0.39 is 5.97 Å². The zero-order valence-corrected chi connectivity index (χ0v) is 19.9. The third-order valence-corrected chi connectivity index (χ3v) is 6.30. The van der Waals surface area contributed by atoms with Crippen molar-refractivity contribution in [3.05, 3.63) is 70.9 Å². The highest BCUT2D eigenvalue weighted by Crippen LogP contribution is 2.47. The SMILES string of the molecule is CCOC(=O)C1=CN2C(c3ccccc3)Cc3cc(OCCCOC)c(OC)cc3C2CC1=O. The van der Waals surface area contributed by atoms with Crippen LogP contribution < -0.4 is 9.47 Å². The monoisotopic (exact) mass is 465 g/mol. The molecule has 0 radical (unpaired) electrons. The van der Waals surface area contributed by atoms with Crippen LogP contribution in [-0.2, 0) is 25.5 Å². The molecule has 0 saturated carbocycles. The summed E-state index contributed by atoms with van der Waals surface area (Å²) in [6, 6.07) is 13.9. The number of nitrogens with zero attached hydrogens (tertiary/aromatic N) is 1. The number of ether oxygens (including phenoxy) is 4. The van der Waals surface area contributed by atoms with E-state index in [0.717, 1.165) is 23.1 Å². The Morgan fingerprint density at radius 1 is 1.03 bits per heavy atom. The molecular formula is C27H31NO6. The highest BCUT2D eigenvalue weighted by molar-refractivity contribution is 6.17. The molecule has 4 rings (SSSR count). The van der Waals surface area contributed by atoms with E-state index in [2.05, 4.69) is 17.0 Å². The standard InChI is InChI=1S/C27H31NO6/c1-4-33-27(30)21-17-28-22(18-9-6-5-7-10-18)13-19-14-26(34-12-8-11-31-2)25(32-3)15-20(19)23(28)16-24(21)29/h5-7,9-10,14-15,17,22-23H,4,8,11-13,16H2,1-3H3. The van der Waals surface area contributed by atoms with Gasteiger partial charge in [0.15, 0.2) is 17.3 Å². The molecule has 0 amide bonds. The summed E-state index contributed by atoms with van der Waals surface area (Å²) in [7, 11) is 3.28. The molecule has 34 heavy (non-hydrogen) atoms. The van der Waals surface area contributed by atoms with Gasteiger partial charge in [-0.3, -0.25) is 4.79 Å². The third kappa shape index (κ3) is 4.80. The van der Waals surface area contributed by atoms with Gasteiger partial charge in [0.25, 0.3) is 0 Å². The van der Waals surface area contributed by atoms with Crippen LogP contribution in [0.15, 0.2) is 54.2 Å². The third-order valence-electron chi connectivity index (χ3n) is 6.30. The Labute approximate surface area is 200 Å². The molecule has 7 heteroatoms. The number of Topliss-reactive ketones (excluding diaryl/α,β-unsaturated/α-hetero) is 1. The number of hydrogen-bond acceptors (Lipinski definition) is 7. The molecule has 2 aromatic rings. The number of ketones is 1. The minimum absolute atomic E-state index is 0.0361. The van der Waals surface area contributed by atoms with Crippen LogP contribution in [0.1, 0.15) is 48.5 Å². The average molecular weight is 466 g/mol. The second-order valence-corrected chi connectivity index (χ2v) is 8.38. The van der Waals surface area contributed by atoms with E-state index in [-0.39, 0.29) is 36.5 Å². The number of carbonyl (C=O) groups is 2. The lowest BCUT2D eigenvalue weighted by Crippen LogP contribution is -2.40. The summed E-state index contributed by atoms with van der Waals surface area (Å²) in [5, 5.41) is 0. The summed E-state index contributed by atoms with van der Waals surface area (Å²) in [6.45, 7) is 3.10. The first kappa shape index (κ1) is 23.8. The number of fused-ring (bicyclic) bond motifs is 3. The maximum absolute atomic E-state index is 13.0. The zero-order chi connectivity index (χ0) is 24.1. The van der Waals surface area contributed by atoms with Gasteiger partial charge in [0.05, 0.1) is 32.4 Å². The van der Waals surface area contributed by atoms with Crippen molar-refractivity contribution in [3.8, 4) is 11.5 Å². The van der Waals surface area contributed by atoms with E-state index in [9.17, 15) is 9.59 Å². The van der Waals surface area contributed by atoms with Gasteiger partial charge in [-0.05, 0) is 42.2 Å². The molecule has 2 aromatic carbocycles. The van der Waals surface area contributed by atoms with Crippen molar-refractivity contribution in [2.24, 2.45) is 0 Å². The molecular weight excluding hydrogens is 434 g/mol. The normalized spacial score (nSPS) is 19.1. The molecule has 2 unspecified atom stereocenters. The van der Waals surface area contributed by atoms with Crippen LogP contribution in [0.25, 0.3) is 0 Å². The summed E-state index contributed by atoms with van der Waals surface area (Å²) < 4.78 is 21.9. The van der Waals surface area contributed by atoms with E-state index in [4.69, 9.17) is 18.9 Å². The Morgan fingerprint density at radius 3 is 2.53 bits per heavy atom. The fraction of sp³-hybridized carbons (Fsp3) is 0.407. The van der Waals surface area contributed by atoms with Crippen LogP contribution in [0, 0.1) is 0 Å². The Morgan fingerprint density at radius 2 is 1.82 bits per heavy atom. The van der Waals surface area contributed by atoms with Crippen molar-refractivity contribution in [3.63, 3.8) is 0 Å². The predicted octanol–water partition coefficient (Wildman–Crippen LogP) is 4.17. The maximum atomic E-state index is 13.0. The van der Waals surface area contributed by atoms with Gasteiger partial charge in [0.1, 0.15) is 5.57 Å². The summed E-state index contributed by atoms with van der Waals surface area (Å²) in [4.78, 5) is 27.6. The molecule has 7 nitrogen and oxygen atoms in total. The van der Waals surface area contributed by atoms with Crippen molar-refractivity contribution in [1.82, 2.24) is 4.90 Å². The number of rotatable bonds is 9. The fourth-order valence-corrected chi connectivity index (χ4v) is 4.70. The smallest absolute Gasteiger partial charge is 0.343 e. The van der Waals surface area contributed by atoms with E-state index in [1.165, 1.54) is 0 Å². The van der Waals surface area contributed by atoms with Gasteiger partial charge >= 0.3 is 5.97 Å². The Bertz CT molecular complexity index is 1060. The van der Waals surface area contributed by atoms with Gasteiger partial charge in [-0.1, -0.05) is 30.3 Å². The van der Waals surface area contributed by atoms with Crippen LogP contribution in [0.5, 0.6) is 11.5 Å². The van der Waals surface area contributed by atoms with Crippen LogP contribution in [-0.4, -0.2) is 50.7 Å². The molecule has 0 aliphatic carbocycles. The number of carbonyl (C=O) groups excluding carboxylic acids is 2. The van der Waals surface area contributed by atoms with E-state index in [1.807, 2.05) is 30.3 Å². The number of esters is 1. The van der Waals surface area contributed by atoms with Gasteiger partial charge in [0.2, 0.25) is 0 Å². The first-order chi connectivity index (χ1) is 16.6. The molecule has 0 fully saturated rings. The minimum Gasteiger partial charge on any atom is -0.493 e. The van der Waals surface area contributed by atoms with Crippen molar-refractivity contribution < 1.29 is 28.5 Å². The van der Waals surface area contributed by atoms with Gasteiger partial charge < -0.3 is 23.8 Å². The van der Waals surface area contributed by atoms with E-state index >= 15 is 0 Å². The zero-order valence-electron chi connectivity index (χ0n) is 19.9. The Hall–Kier alpha value is -3.32. The summed E-state index contributed by atoms with van der Waals surface area (Å²) in [6.07, 6.45) is 3.36. The number of hydrogen-bond donors (Lipinski definition) is 0. The number of methoxy groups -OCH3 is 2. The molecule has 180 valence electrons. The molecule has 2 aliphatic heterocycles. The highest BCUT2D eigenvalue weighted by atomic mass is 16.5. The van der Waals surface area contributed by atoms with Crippen LogP contribution >= 0.6 is 0 Å². The van der Waals surface area contributed by atoms with Crippen molar-refractivity contribution in [2.75, 3.05) is 34.0 Å². The van der Waals surface area contributed by atoms with E-state index in [1.54, 1.807) is 27.3 Å². The maximum Gasteiger partial charge on any atom is 0.343 e. The quantitative estimate of drug-likeness (QED) is 0.313. The second-order valence-electron chi connectivity index (χ2n) is 8.38. The lowest BCUT2D eigenvalue weighted by Gasteiger charge is -2.45. The minimum atomic E-state index is -0.569. The summed E-state index contributed by atoms with van der Waals surface area (Å²) in [5.41, 5.74) is 3.34. The van der Waals surface area contributed by atoms with Crippen LogP contribution in [0.2, 0.25) is 0 Å². The first-order valence-electron chi connectivity index (χ1n) is 11.6. The largest absolute Gasteiger partial charge is 0.493 e. The molecule has 2 heterocycles. The molecule has 0 N–H and O–H groups in total.